The maximum absolute atomic E-state index is 13.3. The summed E-state index contributed by atoms with van der Waals surface area (Å²) in [4.78, 5) is 16.0. The summed E-state index contributed by atoms with van der Waals surface area (Å²) in [5.74, 6) is 1.35. The molecule has 0 amide bonds. The molecule has 3 aromatic rings. The first-order valence-corrected chi connectivity index (χ1v) is 11.9. The van der Waals surface area contributed by atoms with Crippen molar-refractivity contribution in [2.75, 3.05) is 18.4 Å². The smallest absolute Gasteiger partial charge is 0.365 e. The number of likely N-dealkylation sites (tertiary alicyclic amines) is 1. The van der Waals surface area contributed by atoms with E-state index in [1.165, 1.54) is 13.0 Å². The molecule has 1 aliphatic rings. The van der Waals surface area contributed by atoms with Crippen LogP contribution in [0.3, 0.4) is 0 Å². The summed E-state index contributed by atoms with van der Waals surface area (Å²) >= 11 is 6.58. The summed E-state index contributed by atoms with van der Waals surface area (Å²) in [5.41, 5.74) is 1.59. The number of halogens is 4. The van der Waals surface area contributed by atoms with E-state index < -0.39 is 11.7 Å². The largest absolute Gasteiger partial charge is 0.416 e. The van der Waals surface area contributed by atoms with Crippen LogP contribution in [0.4, 0.5) is 19.0 Å². The van der Waals surface area contributed by atoms with Crippen molar-refractivity contribution in [2.24, 2.45) is 0 Å². The molecule has 4 rings (SSSR count). The maximum Gasteiger partial charge on any atom is 0.416 e. The lowest BCUT2D eigenvalue weighted by Gasteiger charge is -2.35. The van der Waals surface area contributed by atoms with Crippen LogP contribution in [0.25, 0.3) is 11.0 Å². The third-order valence-corrected chi connectivity index (χ3v) is 6.98. The summed E-state index contributed by atoms with van der Waals surface area (Å²) in [7, 11) is 0. The zero-order valence-electron chi connectivity index (χ0n) is 19.8. The molecule has 1 aromatic carbocycles. The van der Waals surface area contributed by atoms with Crippen LogP contribution in [-0.2, 0) is 12.7 Å². The number of hydrogen-bond acceptors (Lipinski definition) is 5. The Morgan fingerprint density at radius 1 is 1.12 bits per heavy atom. The first-order valence-electron chi connectivity index (χ1n) is 11.5. The molecular formula is C25H29ClF3N5. The van der Waals surface area contributed by atoms with Crippen molar-refractivity contribution >= 4 is 28.5 Å². The molecule has 34 heavy (non-hydrogen) atoms. The Morgan fingerprint density at radius 2 is 1.82 bits per heavy atom. The number of anilines is 1. The fraction of sp³-hybridized carbons (Fsp3) is 0.480. The van der Waals surface area contributed by atoms with Gasteiger partial charge in [0, 0.05) is 12.6 Å². The van der Waals surface area contributed by atoms with Gasteiger partial charge in [0.1, 0.15) is 16.8 Å². The quantitative estimate of drug-likeness (QED) is 0.412. The van der Waals surface area contributed by atoms with Gasteiger partial charge >= 0.3 is 6.18 Å². The van der Waals surface area contributed by atoms with Crippen molar-refractivity contribution in [2.45, 2.75) is 65.2 Å². The highest BCUT2D eigenvalue weighted by Gasteiger charge is 2.32. The average Bonchev–Trinajstić information content (AvgIpc) is 2.77. The molecule has 0 atom stereocenters. The molecule has 182 valence electrons. The number of nitrogens with zero attached hydrogens (tertiary/aromatic N) is 4. The van der Waals surface area contributed by atoms with Crippen molar-refractivity contribution in [3.8, 4) is 0 Å². The number of aryl methyl sites for hydroxylation is 1. The molecule has 0 aliphatic carbocycles. The number of aromatic nitrogens is 3. The molecule has 0 radical (unpaired) electrons. The number of fused-ring (bicyclic) bond motifs is 1. The molecular weight excluding hydrogens is 463 g/mol. The van der Waals surface area contributed by atoms with Crippen LogP contribution in [0.15, 0.2) is 24.3 Å². The van der Waals surface area contributed by atoms with Crippen LogP contribution in [0.5, 0.6) is 0 Å². The Labute approximate surface area is 202 Å². The minimum atomic E-state index is -4.39. The van der Waals surface area contributed by atoms with Crippen molar-refractivity contribution in [3.05, 3.63) is 57.5 Å². The van der Waals surface area contributed by atoms with Gasteiger partial charge in [0.2, 0.25) is 0 Å². The predicted octanol–water partition coefficient (Wildman–Crippen LogP) is 6.51. The summed E-state index contributed by atoms with van der Waals surface area (Å²) in [6.07, 6.45) is -2.41. The topological polar surface area (TPSA) is 53.9 Å². The lowest BCUT2D eigenvalue weighted by atomic mass is 9.89. The number of benzene rings is 1. The molecule has 1 aliphatic heterocycles. The molecule has 1 saturated heterocycles. The fourth-order valence-corrected chi connectivity index (χ4v) is 4.95. The van der Waals surface area contributed by atoms with E-state index in [9.17, 15) is 13.2 Å². The SMILES string of the molecule is Cc1nc(NCc2cccc(C(F)(F)F)c2C)c2cc(C3CCN(C(C)C)CC3)c(Cl)nc2n1. The van der Waals surface area contributed by atoms with Gasteiger partial charge in [-0.1, -0.05) is 23.7 Å². The molecule has 3 heterocycles. The summed E-state index contributed by atoms with van der Waals surface area (Å²) in [5, 5.41) is 4.40. The van der Waals surface area contributed by atoms with E-state index in [1.807, 2.05) is 6.07 Å². The highest BCUT2D eigenvalue weighted by molar-refractivity contribution is 6.30. The van der Waals surface area contributed by atoms with E-state index in [-0.39, 0.29) is 12.1 Å². The lowest BCUT2D eigenvalue weighted by Crippen LogP contribution is -2.37. The normalized spacial score (nSPS) is 15.9. The second-order valence-electron chi connectivity index (χ2n) is 9.20. The van der Waals surface area contributed by atoms with Gasteiger partial charge < -0.3 is 10.2 Å². The number of pyridine rings is 1. The van der Waals surface area contributed by atoms with Crippen LogP contribution in [0.1, 0.15) is 60.7 Å². The first-order chi connectivity index (χ1) is 16.0. The zero-order valence-corrected chi connectivity index (χ0v) is 20.6. The molecule has 0 unspecified atom stereocenters. The summed E-state index contributed by atoms with van der Waals surface area (Å²) < 4.78 is 39.9. The monoisotopic (exact) mass is 491 g/mol. The number of rotatable bonds is 5. The van der Waals surface area contributed by atoms with Crippen LogP contribution in [0, 0.1) is 13.8 Å². The number of hydrogen-bond donors (Lipinski definition) is 1. The zero-order chi connectivity index (χ0) is 24.6. The van der Waals surface area contributed by atoms with Crippen molar-refractivity contribution in [1.82, 2.24) is 19.9 Å². The van der Waals surface area contributed by atoms with Gasteiger partial charge in [-0.3, -0.25) is 0 Å². The van der Waals surface area contributed by atoms with Gasteiger partial charge in [-0.2, -0.15) is 13.2 Å². The summed E-state index contributed by atoms with van der Waals surface area (Å²) in [6.45, 7) is 9.86. The van der Waals surface area contributed by atoms with Crippen LogP contribution in [-0.4, -0.2) is 39.0 Å². The van der Waals surface area contributed by atoms with Crippen LogP contribution >= 0.6 is 11.6 Å². The van der Waals surface area contributed by atoms with Gasteiger partial charge in [0.05, 0.1) is 10.9 Å². The molecule has 2 aromatic heterocycles. The Hall–Kier alpha value is -2.45. The Balaban J connectivity index is 1.64. The van der Waals surface area contributed by atoms with E-state index in [2.05, 4.69) is 39.0 Å². The minimum Gasteiger partial charge on any atom is -0.365 e. The van der Waals surface area contributed by atoms with Crippen molar-refractivity contribution < 1.29 is 13.2 Å². The molecule has 0 saturated carbocycles. The van der Waals surface area contributed by atoms with E-state index in [0.29, 0.717) is 40.0 Å². The maximum atomic E-state index is 13.3. The van der Waals surface area contributed by atoms with Gasteiger partial charge in [-0.05, 0) is 88.4 Å². The van der Waals surface area contributed by atoms with E-state index in [1.54, 1.807) is 13.0 Å². The van der Waals surface area contributed by atoms with Gasteiger partial charge in [0.15, 0.2) is 5.65 Å². The third kappa shape index (κ3) is 5.13. The molecule has 1 fully saturated rings. The van der Waals surface area contributed by atoms with Gasteiger partial charge in [-0.15, -0.1) is 0 Å². The molecule has 1 N–H and O–H groups in total. The van der Waals surface area contributed by atoms with Crippen LogP contribution < -0.4 is 5.32 Å². The predicted molar refractivity (Wildman–Crippen MR) is 129 cm³/mol. The van der Waals surface area contributed by atoms with E-state index in [0.717, 1.165) is 42.9 Å². The lowest BCUT2D eigenvalue weighted by molar-refractivity contribution is -0.138. The highest BCUT2D eigenvalue weighted by atomic mass is 35.5. The second-order valence-corrected chi connectivity index (χ2v) is 9.56. The number of piperidine rings is 1. The van der Waals surface area contributed by atoms with Gasteiger partial charge in [0.25, 0.3) is 0 Å². The average molecular weight is 492 g/mol. The van der Waals surface area contributed by atoms with Crippen molar-refractivity contribution in [3.63, 3.8) is 0 Å². The Kier molecular flexibility index (Phi) is 7.01. The number of alkyl halides is 3. The third-order valence-electron chi connectivity index (χ3n) is 6.68. The molecule has 0 bridgehead atoms. The van der Waals surface area contributed by atoms with E-state index >= 15 is 0 Å². The first kappa shape index (κ1) is 24.7. The number of nitrogens with one attached hydrogen (secondary N) is 1. The molecule has 0 spiro atoms. The second kappa shape index (κ2) is 9.66. The molecule has 9 heteroatoms. The minimum absolute atomic E-state index is 0.200. The van der Waals surface area contributed by atoms with E-state index in [4.69, 9.17) is 11.6 Å². The Bertz CT molecular complexity index is 1190. The summed E-state index contributed by atoms with van der Waals surface area (Å²) in [6, 6.07) is 6.74. The fourth-order valence-electron chi connectivity index (χ4n) is 4.67. The highest BCUT2D eigenvalue weighted by Crippen LogP contribution is 2.36. The van der Waals surface area contributed by atoms with Gasteiger partial charge in [-0.25, -0.2) is 15.0 Å². The standard InChI is InChI=1S/C25H29ClF3N5/c1-14(2)34-10-8-17(9-11-34)19-12-20-23(31-16(4)32-24(20)33-22(19)26)30-13-18-6-5-7-21(15(18)3)25(27,28)29/h5-7,12,14,17H,8-11,13H2,1-4H3,(H,30,31,32,33). The van der Waals surface area contributed by atoms with Crippen LogP contribution in [0.2, 0.25) is 5.15 Å². The Morgan fingerprint density at radius 3 is 2.47 bits per heavy atom. The van der Waals surface area contributed by atoms with Crippen molar-refractivity contribution in [1.29, 1.82) is 0 Å². The molecule has 5 nitrogen and oxygen atoms in total.